The van der Waals surface area contributed by atoms with Crippen LogP contribution in [0.4, 0.5) is 0 Å². The third-order valence-corrected chi connectivity index (χ3v) is 2.83. The normalized spacial score (nSPS) is 13.2. The lowest BCUT2D eigenvalue weighted by Crippen LogP contribution is -2.55. The van der Waals surface area contributed by atoms with Crippen molar-refractivity contribution >= 4 is 11.9 Å². The summed E-state index contributed by atoms with van der Waals surface area (Å²) >= 11 is 0. The van der Waals surface area contributed by atoms with Gasteiger partial charge >= 0.3 is 5.97 Å². The van der Waals surface area contributed by atoms with E-state index in [1.165, 1.54) is 32.4 Å². The number of carbonyl (C=O) groups excluding carboxylic acids is 1. The summed E-state index contributed by atoms with van der Waals surface area (Å²) in [5, 5.41) is 11.6. The molecule has 1 atom stereocenters. The highest BCUT2D eigenvalue weighted by atomic mass is 16.5. The first kappa shape index (κ1) is 17.9. The molecule has 0 aliphatic carbocycles. The van der Waals surface area contributed by atoms with Gasteiger partial charge in [0.2, 0.25) is 5.88 Å². The van der Waals surface area contributed by atoms with Gasteiger partial charge in [0.15, 0.2) is 5.54 Å². The first-order chi connectivity index (χ1) is 10.4. The molecule has 1 aromatic rings. The summed E-state index contributed by atoms with van der Waals surface area (Å²) in [4.78, 5) is 27.4. The Balaban J connectivity index is 2.80. The number of nitrogens with one attached hydrogen (secondary N) is 1. The van der Waals surface area contributed by atoms with Crippen LogP contribution in [0.5, 0.6) is 5.88 Å². The molecule has 0 saturated heterocycles. The van der Waals surface area contributed by atoms with Crippen molar-refractivity contribution in [3.8, 4) is 5.88 Å². The van der Waals surface area contributed by atoms with E-state index in [2.05, 4.69) is 10.3 Å². The highest BCUT2D eigenvalue weighted by Crippen LogP contribution is 2.12. The number of hydrogen-bond acceptors (Lipinski definition) is 6. The Kier molecular flexibility index (Phi) is 6.74. The van der Waals surface area contributed by atoms with Crippen molar-refractivity contribution in [3.05, 3.63) is 23.9 Å². The number of amides is 1. The number of carboxylic acids is 1. The predicted octanol–water partition coefficient (Wildman–Crippen LogP) is 0.326. The molecule has 0 spiro atoms. The van der Waals surface area contributed by atoms with Gasteiger partial charge in [0.1, 0.15) is 6.61 Å². The van der Waals surface area contributed by atoms with E-state index in [0.717, 1.165) is 0 Å². The van der Waals surface area contributed by atoms with Gasteiger partial charge in [-0.2, -0.15) is 0 Å². The molecular formula is C14H20N2O6. The van der Waals surface area contributed by atoms with E-state index < -0.39 is 17.4 Å². The van der Waals surface area contributed by atoms with Crippen molar-refractivity contribution in [2.45, 2.75) is 12.5 Å². The van der Waals surface area contributed by atoms with Crippen LogP contribution in [0.15, 0.2) is 18.3 Å². The predicted molar refractivity (Wildman–Crippen MR) is 77.0 cm³/mol. The van der Waals surface area contributed by atoms with Gasteiger partial charge in [-0.15, -0.1) is 0 Å². The second-order valence-corrected chi connectivity index (χ2v) is 4.75. The van der Waals surface area contributed by atoms with E-state index >= 15 is 0 Å². The maximum Gasteiger partial charge on any atom is 0.331 e. The summed E-state index contributed by atoms with van der Waals surface area (Å²) in [5.41, 5.74) is -1.28. The topological polar surface area (TPSA) is 107 Å². The molecule has 0 aromatic carbocycles. The summed E-state index contributed by atoms with van der Waals surface area (Å²) in [6, 6.07) is 2.90. The maximum absolute atomic E-state index is 12.2. The summed E-state index contributed by atoms with van der Waals surface area (Å²) in [5.74, 6) is -1.48. The lowest BCUT2D eigenvalue weighted by molar-refractivity contribution is -0.145. The third-order valence-electron chi connectivity index (χ3n) is 2.83. The molecule has 1 unspecified atom stereocenters. The Hall–Kier alpha value is -2.19. The van der Waals surface area contributed by atoms with E-state index in [4.69, 9.17) is 14.2 Å². The number of rotatable bonds is 9. The van der Waals surface area contributed by atoms with Gasteiger partial charge in [-0.1, -0.05) is 0 Å². The Morgan fingerprint density at radius 1 is 1.32 bits per heavy atom. The van der Waals surface area contributed by atoms with Crippen LogP contribution in [0.1, 0.15) is 17.3 Å². The van der Waals surface area contributed by atoms with Crippen LogP contribution in [0.2, 0.25) is 0 Å². The van der Waals surface area contributed by atoms with Crippen molar-refractivity contribution in [2.75, 3.05) is 34.0 Å². The number of aromatic nitrogens is 1. The van der Waals surface area contributed by atoms with Crippen LogP contribution >= 0.6 is 0 Å². The van der Waals surface area contributed by atoms with Crippen LogP contribution in [0.25, 0.3) is 0 Å². The van der Waals surface area contributed by atoms with Crippen LogP contribution in [0, 0.1) is 0 Å². The number of hydrogen-bond donors (Lipinski definition) is 2. The van der Waals surface area contributed by atoms with Crippen LogP contribution in [-0.4, -0.2) is 61.5 Å². The smallest absolute Gasteiger partial charge is 0.331 e. The standard InChI is InChI=1S/C14H20N2O6/c1-14(9-21-3,13(18)19)16-12(17)10-4-5-15-11(8-10)22-7-6-20-2/h4-5,8H,6-7,9H2,1-3H3,(H,16,17)(H,18,19). The van der Waals surface area contributed by atoms with Crippen LogP contribution in [0.3, 0.4) is 0 Å². The van der Waals surface area contributed by atoms with E-state index in [9.17, 15) is 14.7 Å². The van der Waals surface area contributed by atoms with Gasteiger partial charge in [0.25, 0.3) is 5.91 Å². The Labute approximate surface area is 128 Å². The molecule has 0 aliphatic heterocycles. The van der Waals surface area contributed by atoms with Crippen molar-refractivity contribution in [1.29, 1.82) is 0 Å². The SMILES string of the molecule is COCCOc1cc(C(=O)NC(C)(COC)C(=O)O)ccn1. The number of ether oxygens (including phenoxy) is 3. The summed E-state index contributed by atoms with van der Waals surface area (Å²) in [6.07, 6.45) is 1.41. The number of methoxy groups -OCH3 is 2. The second kappa shape index (κ2) is 8.30. The number of aliphatic carboxylic acids is 1. The summed E-state index contributed by atoms with van der Waals surface area (Å²) < 4.78 is 15.0. The lowest BCUT2D eigenvalue weighted by Gasteiger charge is -2.25. The van der Waals surface area contributed by atoms with Gasteiger partial charge in [0, 0.05) is 32.0 Å². The maximum atomic E-state index is 12.2. The summed E-state index contributed by atoms with van der Waals surface area (Å²) in [6.45, 7) is 1.90. The zero-order chi connectivity index (χ0) is 16.6. The number of pyridine rings is 1. The minimum absolute atomic E-state index is 0.156. The zero-order valence-corrected chi connectivity index (χ0v) is 12.8. The van der Waals surface area contributed by atoms with Crippen molar-refractivity contribution in [3.63, 3.8) is 0 Å². The second-order valence-electron chi connectivity index (χ2n) is 4.75. The molecule has 1 amide bonds. The zero-order valence-electron chi connectivity index (χ0n) is 12.8. The fourth-order valence-corrected chi connectivity index (χ4v) is 1.62. The number of nitrogens with zero attached hydrogens (tertiary/aromatic N) is 1. The molecule has 0 bridgehead atoms. The molecule has 122 valence electrons. The molecular weight excluding hydrogens is 292 g/mol. The van der Waals surface area contributed by atoms with E-state index in [-0.39, 0.29) is 18.1 Å². The monoisotopic (exact) mass is 312 g/mol. The Morgan fingerprint density at radius 3 is 2.64 bits per heavy atom. The van der Waals surface area contributed by atoms with Gasteiger partial charge < -0.3 is 24.6 Å². The van der Waals surface area contributed by atoms with E-state index in [1.54, 1.807) is 7.11 Å². The largest absolute Gasteiger partial charge is 0.479 e. The van der Waals surface area contributed by atoms with E-state index in [0.29, 0.717) is 13.2 Å². The van der Waals surface area contributed by atoms with Gasteiger partial charge in [-0.25, -0.2) is 9.78 Å². The third kappa shape index (κ3) is 4.97. The van der Waals surface area contributed by atoms with Crippen molar-refractivity contribution < 1.29 is 28.9 Å². The Morgan fingerprint density at radius 2 is 2.05 bits per heavy atom. The van der Waals surface area contributed by atoms with Crippen molar-refractivity contribution in [2.24, 2.45) is 0 Å². The molecule has 8 nitrogen and oxygen atoms in total. The molecule has 0 radical (unpaired) electrons. The average molecular weight is 312 g/mol. The molecule has 2 N–H and O–H groups in total. The minimum Gasteiger partial charge on any atom is -0.479 e. The lowest BCUT2D eigenvalue weighted by atomic mass is 10.0. The molecule has 22 heavy (non-hydrogen) atoms. The fourth-order valence-electron chi connectivity index (χ4n) is 1.62. The molecule has 8 heteroatoms. The first-order valence-electron chi connectivity index (χ1n) is 6.55. The molecule has 1 rings (SSSR count). The van der Waals surface area contributed by atoms with Gasteiger partial charge in [-0.05, 0) is 13.0 Å². The number of carboxylic acid groups (broad SMARTS) is 1. The summed E-state index contributed by atoms with van der Waals surface area (Å²) in [7, 11) is 2.91. The highest BCUT2D eigenvalue weighted by Gasteiger charge is 2.35. The van der Waals surface area contributed by atoms with Crippen molar-refractivity contribution in [1.82, 2.24) is 10.3 Å². The van der Waals surface area contributed by atoms with Crippen LogP contribution in [-0.2, 0) is 14.3 Å². The molecule has 0 aliphatic rings. The fraction of sp³-hybridized carbons (Fsp3) is 0.500. The highest BCUT2D eigenvalue weighted by molar-refractivity contribution is 5.97. The quantitative estimate of drug-likeness (QED) is 0.633. The molecule has 0 fully saturated rings. The minimum atomic E-state index is -1.52. The first-order valence-corrected chi connectivity index (χ1v) is 6.55. The number of carbonyl (C=O) groups is 2. The molecule has 1 heterocycles. The van der Waals surface area contributed by atoms with Gasteiger partial charge in [0.05, 0.1) is 13.2 Å². The van der Waals surface area contributed by atoms with E-state index in [1.807, 2.05) is 0 Å². The van der Waals surface area contributed by atoms with Crippen LogP contribution < -0.4 is 10.1 Å². The van der Waals surface area contributed by atoms with Gasteiger partial charge in [-0.3, -0.25) is 4.79 Å². The Bertz CT molecular complexity index is 522. The molecule has 0 saturated carbocycles. The average Bonchev–Trinajstić information content (AvgIpc) is 2.48. The molecule has 1 aromatic heterocycles.